The van der Waals surface area contributed by atoms with Crippen LogP contribution < -0.4 is 4.90 Å². The van der Waals surface area contributed by atoms with Crippen LogP contribution in [0.1, 0.15) is 29.5 Å². The van der Waals surface area contributed by atoms with Crippen molar-refractivity contribution < 1.29 is 18.8 Å². The molecule has 0 N–H and O–H groups in total. The SMILES string of the molecule is CCN(C(=O)CC(=O)N1CCN(C(=O)c2ccco2)CC1)c1cccc(C)c1. The van der Waals surface area contributed by atoms with E-state index in [1.807, 2.05) is 38.1 Å². The second kappa shape index (κ2) is 8.73. The number of nitrogens with zero attached hydrogens (tertiary/aromatic N) is 3. The number of rotatable bonds is 5. The Morgan fingerprint density at radius 1 is 1.04 bits per heavy atom. The zero-order valence-corrected chi connectivity index (χ0v) is 16.3. The minimum atomic E-state index is -0.216. The Bertz CT molecular complexity index is 839. The van der Waals surface area contributed by atoms with E-state index in [1.54, 1.807) is 26.8 Å². The Kier molecular flexibility index (Phi) is 6.13. The fourth-order valence-electron chi connectivity index (χ4n) is 3.35. The van der Waals surface area contributed by atoms with Crippen molar-refractivity contribution in [3.8, 4) is 0 Å². The molecule has 1 aliphatic heterocycles. The standard InChI is InChI=1S/C21H25N3O4/c1-3-24(17-7-4-6-16(2)14-17)20(26)15-19(25)22-9-11-23(12-10-22)21(27)18-8-5-13-28-18/h4-8,13-14H,3,9-12,15H2,1-2H3. The maximum Gasteiger partial charge on any atom is 0.289 e. The molecule has 0 unspecified atom stereocenters. The highest BCUT2D eigenvalue weighted by atomic mass is 16.3. The quantitative estimate of drug-likeness (QED) is 0.743. The number of benzene rings is 1. The van der Waals surface area contributed by atoms with Crippen molar-refractivity contribution in [3.63, 3.8) is 0 Å². The molecule has 0 radical (unpaired) electrons. The van der Waals surface area contributed by atoms with Gasteiger partial charge >= 0.3 is 0 Å². The average molecular weight is 383 g/mol. The van der Waals surface area contributed by atoms with E-state index in [0.29, 0.717) is 38.5 Å². The Balaban J connectivity index is 1.55. The van der Waals surface area contributed by atoms with E-state index in [-0.39, 0.29) is 24.1 Å². The minimum Gasteiger partial charge on any atom is -0.459 e. The van der Waals surface area contributed by atoms with Gasteiger partial charge in [-0.1, -0.05) is 12.1 Å². The van der Waals surface area contributed by atoms with E-state index in [4.69, 9.17) is 4.42 Å². The topological polar surface area (TPSA) is 74.1 Å². The van der Waals surface area contributed by atoms with Crippen LogP contribution in [0.25, 0.3) is 0 Å². The molecule has 0 saturated carbocycles. The molecule has 3 rings (SSSR count). The lowest BCUT2D eigenvalue weighted by molar-refractivity contribution is -0.136. The smallest absolute Gasteiger partial charge is 0.289 e. The molecule has 1 saturated heterocycles. The van der Waals surface area contributed by atoms with Crippen LogP contribution in [-0.4, -0.2) is 60.2 Å². The largest absolute Gasteiger partial charge is 0.459 e. The Morgan fingerprint density at radius 2 is 1.75 bits per heavy atom. The van der Waals surface area contributed by atoms with Crippen LogP contribution in [0.15, 0.2) is 47.1 Å². The van der Waals surface area contributed by atoms with Gasteiger partial charge in [-0.2, -0.15) is 0 Å². The van der Waals surface area contributed by atoms with Gasteiger partial charge in [0.15, 0.2) is 5.76 Å². The summed E-state index contributed by atoms with van der Waals surface area (Å²) in [5.74, 6) is -0.301. The Labute approximate surface area is 164 Å². The second-order valence-corrected chi connectivity index (χ2v) is 6.80. The number of aryl methyl sites for hydroxylation is 1. The van der Waals surface area contributed by atoms with Crippen LogP contribution >= 0.6 is 0 Å². The van der Waals surface area contributed by atoms with Crippen LogP contribution in [0.4, 0.5) is 5.69 Å². The van der Waals surface area contributed by atoms with Gasteiger partial charge < -0.3 is 19.1 Å². The van der Waals surface area contributed by atoms with Crippen LogP contribution in [0.5, 0.6) is 0 Å². The number of hydrogen-bond donors (Lipinski definition) is 0. The van der Waals surface area contributed by atoms with Gasteiger partial charge in [-0.25, -0.2) is 0 Å². The molecule has 1 aliphatic rings. The van der Waals surface area contributed by atoms with E-state index < -0.39 is 0 Å². The van der Waals surface area contributed by atoms with Crippen LogP contribution in [0.2, 0.25) is 0 Å². The first-order valence-corrected chi connectivity index (χ1v) is 9.47. The first-order chi connectivity index (χ1) is 13.5. The van der Waals surface area contributed by atoms with E-state index in [9.17, 15) is 14.4 Å². The first-order valence-electron chi connectivity index (χ1n) is 9.47. The second-order valence-electron chi connectivity index (χ2n) is 6.80. The number of carbonyl (C=O) groups excluding carboxylic acids is 3. The van der Waals surface area contributed by atoms with Gasteiger partial charge in [0.05, 0.1) is 6.26 Å². The van der Waals surface area contributed by atoms with Crippen molar-refractivity contribution >= 4 is 23.4 Å². The van der Waals surface area contributed by atoms with Crippen LogP contribution in [-0.2, 0) is 9.59 Å². The third-order valence-corrected chi connectivity index (χ3v) is 4.88. The molecule has 28 heavy (non-hydrogen) atoms. The van der Waals surface area contributed by atoms with E-state index >= 15 is 0 Å². The van der Waals surface area contributed by atoms with Crippen LogP contribution in [0.3, 0.4) is 0 Å². The molecule has 2 aromatic rings. The molecule has 0 bridgehead atoms. The summed E-state index contributed by atoms with van der Waals surface area (Å²) in [6.07, 6.45) is 1.29. The molecule has 0 atom stereocenters. The minimum absolute atomic E-state index is 0.173. The van der Waals surface area contributed by atoms with Gasteiger partial charge in [0.2, 0.25) is 11.8 Å². The summed E-state index contributed by atoms with van der Waals surface area (Å²) >= 11 is 0. The van der Waals surface area contributed by atoms with Crippen molar-refractivity contribution in [2.75, 3.05) is 37.6 Å². The summed E-state index contributed by atoms with van der Waals surface area (Å²) in [6, 6.07) is 11.0. The number of furan rings is 1. The van der Waals surface area contributed by atoms with Crippen LogP contribution in [0, 0.1) is 6.92 Å². The molecule has 7 heteroatoms. The Hall–Kier alpha value is -3.09. The summed E-state index contributed by atoms with van der Waals surface area (Å²) in [6.45, 7) is 6.04. The molecular weight excluding hydrogens is 358 g/mol. The number of anilines is 1. The predicted octanol–water partition coefficient (Wildman–Crippen LogP) is 2.32. The van der Waals surface area contributed by atoms with E-state index in [0.717, 1.165) is 11.3 Å². The highest BCUT2D eigenvalue weighted by molar-refractivity contribution is 6.05. The summed E-state index contributed by atoms with van der Waals surface area (Å²) < 4.78 is 5.14. The normalized spacial score (nSPS) is 14.1. The molecule has 7 nitrogen and oxygen atoms in total. The lowest BCUT2D eigenvalue weighted by Crippen LogP contribution is -2.51. The van der Waals surface area contributed by atoms with Crippen molar-refractivity contribution in [1.82, 2.24) is 9.80 Å². The summed E-state index contributed by atoms with van der Waals surface area (Å²) in [7, 11) is 0. The fourth-order valence-corrected chi connectivity index (χ4v) is 3.35. The average Bonchev–Trinajstić information content (AvgIpc) is 3.23. The predicted molar refractivity (Wildman–Crippen MR) is 105 cm³/mol. The summed E-state index contributed by atoms with van der Waals surface area (Å²) in [5.41, 5.74) is 1.86. The third-order valence-electron chi connectivity index (χ3n) is 4.88. The van der Waals surface area contributed by atoms with Gasteiger partial charge in [-0.05, 0) is 43.7 Å². The number of carbonyl (C=O) groups is 3. The van der Waals surface area contributed by atoms with E-state index in [1.165, 1.54) is 6.26 Å². The molecular formula is C21H25N3O4. The molecule has 3 amide bonds. The fraction of sp³-hybridized carbons (Fsp3) is 0.381. The van der Waals surface area contributed by atoms with Gasteiger partial charge in [0.25, 0.3) is 5.91 Å². The van der Waals surface area contributed by atoms with Crippen molar-refractivity contribution in [1.29, 1.82) is 0 Å². The maximum atomic E-state index is 12.7. The molecule has 0 aliphatic carbocycles. The number of piperazine rings is 1. The molecule has 1 aromatic heterocycles. The van der Waals surface area contributed by atoms with Crippen molar-refractivity contribution in [3.05, 3.63) is 54.0 Å². The van der Waals surface area contributed by atoms with Gasteiger partial charge in [-0.15, -0.1) is 0 Å². The van der Waals surface area contributed by atoms with Gasteiger partial charge in [0, 0.05) is 38.4 Å². The number of hydrogen-bond acceptors (Lipinski definition) is 4. The third kappa shape index (κ3) is 4.42. The maximum absolute atomic E-state index is 12.7. The molecule has 1 fully saturated rings. The Morgan fingerprint density at radius 3 is 2.36 bits per heavy atom. The summed E-state index contributed by atoms with van der Waals surface area (Å²) in [4.78, 5) is 42.5. The van der Waals surface area contributed by atoms with E-state index in [2.05, 4.69) is 0 Å². The zero-order valence-electron chi connectivity index (χ0n) is 16.3. The van der Waals surface area contributed by atoms with Gasteiger partial charge in [-0.3, -0.25) is 14.4 Å². The lowest BCUT2D eigenvalue weighted by atomic mass is 10.2. The summed E-state index contributed by atoms with van der Waals surface area (Å²) in [5, 5.41) is 0. The molecule has 2 heterocycles. The monoisotopic (exact) mass is 383 g/mol. The zero-order chi connectivity index (χ0) is 20.1. The molecule has 1 aromatic carbocycles. The highest BCUT2D eigenvalue weighted by Gasteiger charge is 2.28. The molecule has 0 spiro atoms. The first kappa shape index (κ1) is 19.7. The van der Waals surface area contributed by atoms with Gasteiger partial charge in [0.1, 0.15) is 6.42 Å². The number of amides is 3. The van der Waals surface area contributed by atoms with Crippen molar-refractivity contribution in [2.45, 2.75) is 20.3 Å². The highest BCUT2D eigenvalue weighted by Crippen LogP contribution is 2.17. The molecule has 148 valence electrons. The van der Waals surface area contributed by atoms with Crippen molar-refractivity contribution in [2.24, 2.45) is 0 Å². The lowest BCUT2D eigenvalue weighted by Gasteiger charge is -2.34.